The second kappa shape index (κ2) is 9.63. The Balaban J connectivity index is 1.38. The van der Waals surface area contributed by atoms with Crippen molar-refractivity contribution in [2.45, 2.75) is 113 Å². The number of carbonyl (C=O) groups is 3. The summed E-state index contributed by atoms with van der Waals surface area (Å²) < 4.78 is 6.15. The minimum absolute atomic E-state index is 0.000818. The molecule has 1 aromatic rings. The molecule has 0 heterocycles. The number of fused-ring (bicyclic) bond motifs is 7. The Bertz CT molecular complexity index is 1310. The number of rotatable bonds is 4. The van der Waals surface area contributed by atoms with Crippen LogP contribution in [0.2, 0.25) is 0 Å². The average molecular weight is 573 g/mol. The fourth-order valence-electron chi connectivity index (χ4n) is 11.6. The summed E-state index contributed by atoms with van der Waals surface area (Å²) in [6, 6.07) is 10.1. The highest BCUT2D eigenvalue weighted by Crippen LogP contribution is 2.75. The van der Waals surface area contributed by atoms with E-state index in [2.05, 4.69) is 54.5 Å². The fraction of sp³-hybridized carbons (Fsp3) is 0.711. The first kappa shape index (κ1) is 29.8. The van der Waals surface area contributed by atoms with E-state index < -0.39 is 16.7 Å². The molecule has 4 saturated carbocycles. The molecule has 0 bridgehead atoms. The van der Waals surface area contributed by atoms with Gasteiger partial charge >= 0.3 is 5.97 Å². The van der Waals surface area contributed by atoms with Gasteiger partial charge < -0.3 is 9.53 Å². The highest BCUT2D eigenvalue weighted by Gasteiger charge is 2.70. The maximum absolute atomic E-state index is 14.2. The lowest BCUT2D eigenvalue weighted by Crippen LogP contribution is -2.65. The Kier molecular flexibility index (Phi) is 6.84. The van der Waals surface area contributed by atoms with Crippen LogP contribution in [-0.4, -0.2) is 18.0 Å². The number of carbonyl (C=O) groups excluding carboxylic acids is 3. The lowest BCUT2D eigenvalue weighted by molar-refractivity contribution is -0.196. The van der Waals surface area contributed by atoms with Gasteiger partial charge in [0.1, 0.15) is 18.7 Å². The average Bonchev–Trinajstić information content (AvgIpc) is 2.94. The summed E-state index contributed by atoms with van der Waals surface area (Å²) >= 11 is 0. The monoisotopic (exact) mass is 572 g/mol. The van der Waals surface area contributed by atoms with E-state index in [0.717, 1.165) is 63.2 Å². The van der Waals surface area contributed by atoms with Gasteiger partial charge in [-0.1, -0.05) is 90.4 Å². The van der Waals surface area contributed by atoms with Gasteiger partial charge in [-0.25, -0.2) is 0 Å². The summed E-state index contributed by atoms with van der Waals surface area (Å²) in [4.78, 5) is 39.7. The topological polar surface area (TPSA) is 60.4 Å². The number of hydrogen-bond acceptors (Lipinski definition) is 4. The zero-order valence-electron chi connectivity index (χ0n) is 27.1. The molecule has 0 aromatic heterocycles. The molecule has 8 atom stereocenters. The minimum Gasteiger partial charge on any atom is -0.460 e. The Hall–Kier alpha value is -2.23. The molecule has 3 unspecified atom stereocenters. The maximum Gasteiger partial charge on any atom is 0.313 e. The molecule has 4 fully saturated rings. The molecule has 0 N–H and O–H groups in total. The van der Waals surface area contributed by atoms with Gasteiger partial charge in [-0.15, -0.1) is 0 Å². The predicted octanol–water partition coefficient (Wildman–Crippen LogP) is 8.53. The summed E-state index contributed by atoms with van der Waals surface area (Å²) in [5.74, 6) is 0.524. The first-order valence-corrected chi connectivity index (χ1v) is 16.6. The van der Waals surface area contributed by atoms with Gasteiger partial charge in [-0.05, 0) is 103 Å². The van der Waals surface area contributed by atoms with Crippen LogP contribution in [0, 0.1) is 56.2 Å². The molecule has 4 nitrogen and oxygen atoms in total. The smallest absolute Gasteiger partial charge is 0.313 e. The second-order valence-electron chi connectivity index (χ2n) is 17.0. The lowest BCUT2D eigenvalue weighted by atomic mass is 9.33. The molecule has 228 valence electrons. The van der Waals surface area contributed by atoms with Crippen LogP contribution in [0.3, 0.4) is 0 Å². The number of allylic oxidation sites excluding steroid dienone is 2. The van der Waals surface area contributed by atoms with Crippen molar-refractivity contribution < 1.29 is 19.1 Å². The number of Topliss-reactive ketones (excluding diaryl/α,β-unsaturated/α-hetero) is 1. The summed E-state index contributed by atoms with van der Waals surface area (Å²) in [5.41, 5.74) is 1.74. The van der Waals surface area contributed by atoms with E-state index in [9.17, 15) is 14.4 Å². The van der Waals surface area contributed by atoms with Crippen LogP contribution in [0.4, 0.5) is 0 Å². The van der Waals surface area contributed by atoms with Crippen LogP contribution in [0.15, 0.2) is 42.0 Å². The lowest BCUT2D eigenvalue weighted by Gasteiger charge is -2.70. The van der Waals surface area contributed by atoms with Crippen molar-refractivity contribution in [2.24, 2.45) is 56.2 Å². The SMILES string of the molecule is CC1(C)CC[C@]2(C(=O)OCc3ccccc3)CC[C@]3(C)C(=CCC4[C@@]5(C)CC(C=O)C(=O)C(C)(C)C5CC[C@]43C)[C@@H]2C1. The highest BCUT2D eigenvalue weighted by molar-refractivity contribution is 5.98. The van der Waals surface area contributed by atoms with Gasteiger partial charge in [0.15, 0.2) is 0 Å². The van der Waals surface area contributed by atoms with E-state index in [0.29, 0.717) is 18.9 Å². The van der Waals surface area contributed by atoms with Gasteiger partial charge in [0.25, 0.3) is 0 Å². The van der Waals surface area contributed by atoms with Crippen molar-refractivity contribution in [2.75, 3.05) is 0 Å². The molecule has 0 spiro atoms. The summed E-state index contributed by atoms with van der Waals surface area (Å²) in [6.07, 6.45) is 12.1. The molecule has 5 aliphatic rings. The summed E-state index contributed by atoms with van der Waals surface area (Å²) in [7, 11) is 0. The Morgan fingerprint density at radius 3 is 2.29 bits per heavy atom. The van der Waals surface area contributed by atoms with E-state index in [4.69, 9.17) is 4.74 Å². The normalized spacial score (nSPS) is 43.5. The van der Waals surface area contributed by atoms with Crippen molar-refractivity contribution in [1.29, 1.82) is 0 Å². The molecular weight excluding hydrogens is 520 g/mol. The zero-order chi connectivity index (χ0) is 30.3. The molecule has 0 aliphatic heterocycles. The van der Waals surface area contributed by atoms with Crippen LogP contribution in [0.5, 0.6) is 0 Å². The number of ether oxygens (including phenoxy) is 1. The van der Waals surface area contributed by atoms with Crippen LogP contribution in [-0.2, 0) is 25.7 Å². The van der Waals surface area contributed by atoms with Crippen LogP contribution >= 0.6 is 0 Å². The highest BCUT2D eigenvalue weighted by atomic mass is 16.5. The maximum atomic E-state index is 14.2. The summed E-state index contributed by atoms with van der Waals surface area (Å²) in [5, 5.41) is 0. The van der Waals surface area contributed by atoms with Gasteiger partial charge in [-0.3, -0.25) is 9.59 Å². The van der Waals surface area contributed by atoms with E-state index in [-0.39, 0.29) is 45.2 Å². The number of aldehydes is 1. The first-order chi connectivity index (χ1) is 19.6. The molecule has 1 aromatic carbocycles. The quantitative estimate of drug-likeness (QED) is 0.157. The zero-order valence-corrected chi connectivity index (χ0v) is 27.1. The van der Waals surface area contributed by atoms with Crippen molar-refractivity contribution >= 4 is 18.0 Å². The van der Waals surface area contributed by atoms with Crippen LogP contribution in [0.25, 0.3) is 0 Å². The third kappa shape index (κ3) is 4.02. The van der Waals surface area contributed by atoms with Crippen molar-refractivity contribution in [3.8, 4) is 0 Å². The Morgan fingerprint density at radius 1 is 0.905 bits per heavy atom. The largest absolute Gasteiger partial charge is 0.460 e. The number of ketones is 1. The van der Waals surface area contributed by atoms with Crippen LogP contribution in [0.1, 0.15) is 112 Å². The van der Waals surface area contributed by atoms with Gasteiger partial charge in [0.2, 0.25) is 0 Å². The fourth-order valence-corrected chi connectivity index (χ4v) is 11.6. The number of esters is 1. The van der Waals surface area contributed by atoms with E-state index >= 15 is 0 Å². The first-order valence-electron chi connectivity index (χ1n) is 16.6. The van der Waals surface area contributed by atoms with Crippen molar-refractivity contribution in [3.05, 3.63) is 47.5 Å². The van der Waals surface area contributed by atoms with E-state index in [1.165, 1.54) is 5.57 Å². The molecule has 0 saturated heterocycles. The molecule has 4 heteroatoms. The van der Waals surface area contributed by atoms with Crippen molar-refractivity contribution in [3.63, 3.8) is 0 Å². The molecule has 42 heavy (non-hydrogen) atoms. The third-order valence-corrected chi connectivity index (χ3v) is 14.2. The molecule has 0 amide bonds. The summed E-state index contributed by atoms with van der Waals surface area (Å²) in [6.45, 7) is 16.7. The molecular formula is C38H52O4. The predicted molar refractivity (Wildman–Crippen MR) is 165 cm³/mol. The minimum atomic E-state index is -0.501. The van der Waals surface area contributed by atoms with Crippen molar-refractivity contribution in [1.82, 2.24) is 0 Å². The van der Waals surface area contributed by atoms with E-state index in [1.807, 2.05) is 30.3 Å². The van der Waals surface area contributed by atoms with Gasteiger partial charge in [-0.2, -0.15) is 0 Å². The van der Waals surface area contributed by atoms with Gasteiger partial charge in [0, 0.05) is 5.41 Å². The number of benzene rings is 1. The van der Waals surface area contributed by atoms with Crippen LogP contribution < -0.4 is 0 Å². The Morgan fingerprint density at radius 2 is 1.60 bits per heavy atom. The second-order valence-corrected chi connectivity index (χ2v) is 17.0. The molecule has 5 aliphatic carbocycles. The Labute approximate surface area is 253 Å². The number of hydrogen-bond donors (Lipinski definition) is 0. The molecule has 6 rings (SSSR count). The third-order valence-electron chi connectivity index (χ3n) is 14.2. The molecule has 0 radical (unpaired) electrons. The van der Waals surface area contributed by atoms with Gasteiger partial charge in [0.05, 0.1) is 11.3 Å². The van der Waals surface area contributed by atoms with E-state index in [1.54, 1.807) is 0 Å². The standard InChI is InChI=1S/C38H52O4/c1-33(2)17-19-38(32(41)42-24-25-11-9-8-10-12-25)20-18-36(6)27(28(38)22-33)13-14-30-35(5)21-26(23-39)31(40)34(3,4)29(35)15-16-37(30,36)7/h8-13,23,26,28-30H,14-22,24H2,1-7H3/t26?,28-,29?,30?,35-,36+,37+,38-/m0/s1.